The van der Waals surface area contributed by atoms with Crippen molar-refractivity contribution >= 4 is 28.8 Å². The summed E-state index contributed by atoms with van der Waals surface area (Å²) in [7, 11) is 0. The van der Waals surface area contributed by atoms with E-state index < -0.39 is 11.9 Å². The number of hydrogen-bond acceptors (Lipinski definition) is 3. The number of carbonyl (C=O) groups is 2. The molecule has 6 heteroatoms. The molecule has 3 aromatic carbocycles. The van der Waals surface area contributed by atoms with Gasteiger partial charge in [0.05, 0.1) is 0 Å². The minimum atomic E-state index is -0.486. The zero-order valence-corrected chi connectivity index (χ0v) is 16.1. The van der Waals surface area contributed by atoms with Crippen LogP contribution >= 0.6 is 0 Å². The van der Waals surface area contributed by atoms with Crippen LogP contribution in [0.5, 0.6) is 5.75 Å². The van der Waals surface area contributed by atoms with Crippen molar-refractivity contribution in [2.45, 2.75) is 6.61 Å². The van der Waals surface area contributed by atoms with Gasteiger partial charge in [-0.2, -0.15) is 0 Å². The van der Waals surface area contributed by atoms with Gasteiger partial charge in [-0.1, -0.05) is 48.5 Å². The van der Waals surface area contributed by atoms with E-state index in [-0.39, 0.29) is 24.7 Å². The summed E-state index contributed by atoms with van der Waals surface area (Å²) in [5.41, 5.74) is 1.66. The maximum atomic E-state index is 13.1. The Morgan fingerprint density at radius 2 is 1.80 bits per heavy atom. The average Bonchev–Trinajstić information content (AvgIpc) is 3.02. The van der Waals surface area contributed by atoms with Gasteiger partial charge in [-0.15, -0.1) is 6.58 Å². The molecular formula is C24H19FN2O3. The summed E-state index contributed by atoms with van der Waals surface area (Å²) < 4.78 is 19.1. The quantitative estimate of drug-likeness (QED) is 0.371. The second-order valence-corrected chi connectivity index (χ2v) is 6.81. The van der Waals surface area contributed by atoms with Gasteiger partial charge in [0.1, 0.15) is 23.9 Å². The lowest BCUT2D eigenvalue weighted by Gasteiger charge is -2.13. The first kappa shape index (κ1) is 19.4. The Kier molecular flexibility index (Phi) is 5.30. The molecule has 30 heavy (non-hydrogen) atoms. The molecule has 0 aromatic heterocycles. The maximum Gasteiger partial charge on any atom is 0.329 e. The smallest absolute Gasteiger partial charge is 0.329 e. The van der Waals surface area contributed by atoms with Crippen LogP contribution in [0.15, 0.2) is 79.0 Å². The van der Waals surface area contributed by atoms with Crippen molar-refractivity contribution in [2.24, 2.45) is 0 Å². The van der Waals surface area contributed by atoms with E-state index in [1.165, 1.54) is 18.2 Å². The number of amides is 3. The lowest BCUT2D eigenvalue weighted by Crippen LogP contribution is -2.30. The Bertz CT molecular complexity index is 1170. The summed E-state index contributed by atoms with van der Waals surface area (Å²) in [6.45, 7) is 3.94. The lowest BCUT2D eigenvalue weighted by molar-refractivity contribution is -0.122. The van der Waals surface area contributed by atoms with Crippen LogP contribution in [-0.2, 0) is 11.4 Å². The van der Waals surface area contributed by atoms with Gasteiger partial charge in [-0.05, 0) is 40.6 Å². The molecule has 150 valence electrons. The molecule has 0 bridgehead atoms. The molecule has 1 fully saturated rings. The van der Waals surface area contributed by atoms with E-state index in [0.717, 1.165) is 21.2 Å². The second-order valence-electron chi connectivity index (χ2n) is 6.81. The SMILES string of the molecule is C=CCN1C(=O)N/C(=C/c2c(OCc3ccc(F)cc3)ccc3ccccc23)C1=O. The summed E-state index contributed by atoms with van der Waals surface area (Å²) in [4.78, 5) is 25.8. The molecule has 5 nitrogen and oxygen atoms in total. The third kappa shape index (κ3) is 3.80. The highest BCUT2D eigenvalue weighted by molar-refractivity contribution is 6.15. The van der Waals surface area contributed by atoms with Crippen LogP contribution in [0.3, 0.4) is 0 Å². The van der Waals surface area contributed by atoms with Crippen molar-refractivity contribution in [3.05, 3.63) is 96.0 Å². The number of halogens is 1. The number of ether oxygens (including phenoxy) is 1. The van der Waals surface area contributed by atoms with E-state index in [1.54, 1.807) is 18.2 Å². The molecule has 3 amide bonds. The van der Waals surface area contributed by atoms with Gasteiger partial charge >= 0.3 is 6.03 Å². The van der Waals surface area contributed by atoms with Gasteiger partial charge in [0.25, 0.3) is 5.91 Å². The van der Waals surface area contributed by atoms with Gasteiger partial charge in [-0.3, -0.25) is 9.69 Å². The first-order chi connectivity index (χ1) is 14.6. The minimum absolute atomic E-state index is 0.130. The van der Waals surface area contributed by atoms with Gasteiger partial charge in [-0.25, -0.2) is 9.18 Å². The fourth-order valence-corrected chi connectivity index (χ4v) is 3.30. The molecule has 1 saturated heterocycles. The van der Waals surface area contributed by atoms with Crippen molar-refractivity contribution < 1.29 is 18.7 Å². The van der Waals surface area contributed by atoms with Crippen LogP contribution in [0, 0.1) is 5.82 Å². The summed E-state index contributed by atoms with van der Waals surface area (Å²) in [5.74, 6) is -0.179. The number of carbonyl (C=O) groups excluding carboxylic acids is 2. The number of nitrogens with one attached hydrogen (secondary N) is 1. The minimum Gasteiger partial charge on any atom is -0.488 e. The summed E-state index contributed by atoms with van der Waals surface area (Å²) in [5, 5.41) is 4.46. The number of fused-ring (bicyclic) bond motifs is 1. The number of nitrogens with zero attached hydrogens (tertiary/aromatic N) is 1. The summed E-state index contributed by atoms with van der Waals surface area (Å²) >= 11 is 0. The third-order valence-electron chi connectivity index (χ3n) is 4.80. The Morgan fingerprint density at radius 3 is 2.57 bits per heavy atom. The third-order valence-corrected chi connectivity index (χ3v) is 4.80. The maximum absolute atomic E-state index is 13.1. The predicted octanol–water partition coefficient (Wildman–Crippen LogP) is 4.64. The topological polar surface area (TPSA) is 58.6 Å². The lowest BCUT2D eigenvalue weighted by atomic mass is 10.0. The van der Waals surface area contributed by atoms with Crippen LogP contribution in [0.1, 0.15) is 11.1 Å². The van der Waals surface area contributed by atoms with Crippen LogP contribution in [-0.4, -0.2) is 23.4 Å². The number of rotatable bonds is 6. The van der Waals surface area contributed by atoms with Crippen molar-refractivity contribution in [3.8, 4) is 5.75 Å². The highest BCUT2D eigenvalue weighted by Gasteiger charge is 2.32. The number of imide groups is 1. The standard InChI is InChI=1S/C24H19FN2O3/c1-2-13-27-23(28)21(26-24(27)29)14-20-19-6-4-3-5-17(19)9-12-22(20)30-15-16-7-10-18(25)11-8-16/h2-12,14H,1,13,15H2,(H,26,29)/b21-14+. The van der Waals surface area contributed by atoms with E-state index in [4.69, 9.17) is 4.74 Å². The molecule has 0 saturated carbocycles. The summed E-state index contributed by atoms with van der Waals surface area (Å²) in [6.07, 6.45) is 3.13. The fraction of sp³-hybridized carbons (Fsp3) is 0.0833. The van der Waals surface area contributed by atoms with Gasteiger partial charge in [0, 0.05) is 12.1 Å². The fourth-order valence-electron chi connectivity index (χ4n) is 3.30. The van der Waals surface area contributed by atoms with Gasteiger partial charge in [0.2, 0.25) is 0 Å². The Morgan fingerprint density at radius 1 is 1.03 bits per heavy atom. The zero-order valence-electron chi connectivity index (χ0n) is 16.1. The first-order valence-corrected chi connectivity index (χ1v) is 9.41. The van der Waals surface area contributed by atoms with Crippen LogP contribution in [0.25, 0.3) is 16.8 Å². The van der Waals surface area contributed by atoms with Crippen LogP contribution < -0.4 is 10.1 Å². The Balaban J connectivity index is 1.72. The van der Waals surface area contributed by atoms with Crippen molar-refractivity contribution in [1.82, 2.24) is 10.2 Å². The normalized spacial score (nSPS) is 15.0. The second kappa shape index (κ2) is 8.21. The van der Waals surface area contributed by atoms with E-state index in [9.17, 15) is 14.0 Å². The molecule has 3 aromatic rings. The Hall–Kier alpha value is -3.93. The van der Waals surface area contributed by atoms with E-state index >= 15 is 0 Å². The molecule has 0 atom stereocenters. The summed E-state index contributed by atoms with van der Waals surface area (Å²) in [6, 6.07) is 17.0. The molecule has 0 unspecified atom stereocenters. The molecule has 1 aliphatic heterocycles. The molecule has 4 rings (SSSR count). The molecule has 1 aliphatic rings. The van der Waals surface area contributed by atoms with Crippen LogP contribution in [0.4, 0.5) is 9.18 Å². The first-order valence-electron chi connectivity index (χ1n) is 9.41. The van der Waals surface area contributed by atoms with E-state index in [2.05, 4.69) is 11.9 Å². The van der Waals surface area contributed by atoms with Crippen molar-refractivity contribution in [3.63, 3.8) is 0 Å². The van der Waals surface area contributed by atoms with Gasteiger partial charge < -0.3 is 10.1 Å². The van der Waals surface area contributed by atoms with Crippen molar-refractivity contribution in [2.75, 3.05) is 6.54 Å². The van der Waals surface area contributed by atoms with Crippen LogP contribution in [0.2, 0.25) is 0 Å². The molecule has 1 heterocycles. The number of urea groups is 1. The largest absolute Gasteiger partial charge is 0.488 e. The average molecular weight is 402 g/mol. The Labute approximate surface area is 173 Å². The molecule has 1 N–H and O–H groups in total. The van der Waals surface area contributed by atoms with E-state index in [0.29, 0.717) is 11.3 Å². The highest BCUT2D eigenvalue weighted by Crippen LogP contribution is 2.31. The number of hydrogen-bond donors (Lipinski definition) is 1. The molecule has 0 radical (unpaired) electrons. The monoisotopic (exact) mass is 402 g/mol. The van der Waals surface area contributed by atoms with Gasteiger partial charge in [0.15, 0.2) is 0 Å². The van der Waals surface area contributed by atoms with E-state index in [1.807, 2.05) is 36.4 Å². The zero-order chi connectivity index (χ0) is 21.1. The molecule has 0 spiro atoms. The predicted molar refractivity (Wildman–Crippen MR) is 113 cm³/mol. The highest BCUT2D eigenvalue weighted by atomic mass is 19.1. The number of benzene rings is 3. The van der Waals surface area contributed by atoms with Crippen molar-refractivity contribution in [1.29, 1.82) is 0 Å². The molecule has 0 aliphatic carbocycles. The molecular weight excluding hydrogens is 383 g/mol.